The summed E-state index contributed by atoms with van der Waals surface area (Å²) in [5.41, 5.74) is 2.32. The van der Waals surface area contributed by atoms with Gasteiger partial charge in [-0.15, -0.1) is 0 Å². The minimum Gasteiger partial charge on any atom is -0.391 e. The lowest BCUT2D eigenvalue weighted by atomic mass is 9.96. The average Bonchev–Trinajstić information content (AvgIpc) is 2.16. The molecule has 0 aliphatic heterocycles. The highest BCUT2D eigenvalue weighted by Gasteiger charge is 1.98. The fourth-order valence-corrected chi connectivity index (χ4v) is 1.05. The lowest BCUT2D eigenvalue weighted by molar-refractivity contribution is 0.183. The Morgan fingerprint density at radius 1 is 1.38 bits per heavy atom. The van der Waals surface area contributed by atoms with Gasteiger partial charge in [0.2, 0.25) is 0 Å². The Morgan fingerprint density at radius 2 is 2.00 bits per heavy atom. The largest absolute Gasteiger partial charge is 0.391 e. The van der Waals surface area contributed by atoms with E-state index in [0.717, 1.165) is 12.1 Å². The molecule has 1 aromatic carbocycles. The lowest BCUT2D eigenvalue weighted by Gasteiger charge is -2.10. The summed E-state index contributed by atoms with van der Waals surface area (Å²) in [6.45, 7) is 2.60. The number of hydrogen-bond donors (Lipinski definition) is 2. The van der Waals surface area contributed by atoms with E-state index in [2.05, 4.69) is 25.3 Å². The molecule has 0 fully saturated rings. The first kappa shape index (κ1) is 10.1. The Kier molecular flexibility index (Phi) is 3.84. The summed E-state index contributed by atoms with van der Waals surface area (Å²) in [5.74, 6) is 0. The van der Waals surface area contributed by atoms with Crippen molar-refractivity contribution in [1.82, 2.24) is 0 Å². The van der Waals surface area contributed by atoms with Gasteiger partial charge in [-0.25, -0.2) is 0 Å². The summed E-state index contributed by atoms with van der Waals surface area (Å²) in [6.07, 6.45) is 0.542. The van der Waals surface area contributed by atoms with Gasteiger partial charge in [0.15, 0.2) is 0 Å². The number of rotatable bonds is 4. The van der Waals surface area contributed by atoms with Crippen molar-refractivity contribution in [3.05, 3.63) is 24.3 Å². The molecule has 1 unspecified atom stereocenters. The predicted octanol–water partition coefficient (Wildman–Crippen LogP) is 0.128. The van der Waals surface area contributed by atoms with Crippen LogP contribution in [0.5, 0.6) is 0 Å². The Balaban J connectivity index is 2.41. The zero-order valence-electron chi connectivity index (χ0n) is 8.25. The summed E-state index contributed by atoms with van der Waals surface area (Å²) in [4.78, 5) is 0. The molecule has 0 heterocycles. The third-order valence-corrected chi connectivity index (χ3v) is 2.06. The van der Waals surface area contributed by atoms with Crippen molar-refractivity contribution in [2.45, 2.75) is 19.4 Å². The second kappa shape index (κ2) is 4.92. The molecule has 70 valence electrons. The van der Waals surface area contributed by atoms with Crippen LogP contribution in [-0.4, -0.2) is 25.6 Å². The summed E-state index contributed by atoms with van der Waals surface area (Å²) < 4.78 is 0. The molecule has 0 saturated heterocycles. The van der Waals surface area contributed by atoms with Crippen molar-refractivity contribution in [3.8, 4) is 0 Å². The van der Waals surface area contributed by atoms with E-state index in [-0.39, 0.29) is 6.10 Å². The number of hydrogen-bond acceptors (Lipinski definition) is 2. The van der Waals surface area contributed by atoms with Crippen LogP contribution in [-0.2, 0) is 0 Å². The highest BCUT2D eigenvalue weighted by Crippen LogP contribution is 2.03. The average molecular weight is 177 g/mol. The Hall–Kier alpha value is -0.955. The van der Waals surface area contributed by atoms with Crippen LogP contribution in [0.4, 0.5) is 5.69 Å². The minimum absolute atomic E-state index is 0.249. The zero-order chi connectivity index (χ0) is 9.68. The lowest BCUT2D eigenvalue weighted by Crippen LogP contribution is -2.18. The van der Waals surface area contributed by atoms with Gasteiger partial charge in [-0.3, -0.25) is 0 Å². The molecule has 2 nitrogen and oxygen atoms in total. The molecular weight excluding hydrogens is 161 g/mol. The van der Waals surface area contributed by atoms with Crippen LogP contribution >= 0.6 is 0 Å². The number of aliphatic hydroxyl groups excluding tert-OH is 1. The predicted molar refractivity (Wildman–Crippen MR) is 59.4 cm³/mol. The molecule has 2 N–H and O–H groups in total. The van der Waals surface area contributed by atoms with Crippen LogP contribution in [0.2, 0.25) is 0 Å². The molecule has 0 spiro atoms. The second-order valence-electron chi connectivity index (χ2n) is 3.31. The Morgan fingerprint density at radius 3 is 2.54 bits per heavy atom. The maximum atomic E-state index is 9.31. The number of aliphatic hydroxyl groups is 1. The van der Waals surface area contributed by atoms with E-state index in [1.807, 2.05) is 19.1 Å². The number of benzene rings is 1. The first-order valence-electron chi connectivity index (χ1n) is 4.71. The maximum absolute atomic E-state index is 9.31. The number of nitrogens with one attached hydrogen (secondary N) is 1. The monoisotopic (exact) mass is 177 g/mol. The van der Waals surface area contributed by atoms with Gasteiger partial charge in [0.05, 0.1) is 6.10 Å². The van der Waals surface area contributed by atoms with Gasteiger partial charge in [0.1, 0.15) is 7.85 Å². The summed E-state index contributed by atoms with van der Waals surface area (Å²) in [5, 5.41) is 12.5. The third kappa shape index (κ3) is 3.51. The van der Waals surface area contributed by atoms with Gasteiger partial charge in [-0.2, -0.15) is 0 Å². The quantitative estimate of drug-likeness (QED) is 0.640. The molecule has 0 amide bonds. The van der Waals surface area contributed by atoms with E-state index in [1.165, 1.54) is 5.46 Å². The zero-order valence-corrected chi connectivity index (χ0v) is 8.25. The minimum atomic E-state index is -0.249. The molecule has 0 aliphatic rings. The first-order chi connectivity index (χ1) is 6.22. The van der Waals surface area contributed by atoms with Crippen LogP contribution in [0, 0.1) is 0 Å². The third-order valence-electron chi connectivity index (χ3n) is 2.06. The fraction of sp³-hybridized carbons (Fsp3) is 0.400. The Bertz CT molecular complexity index is 248. The van der Waals surface area contributed by atoms with E-state index >= 15 is 0 Å². The second-order valence-corrected chi connectivity index (χ2v) is 3.31. The van der Waals surface area contributed by atoms with Crippen molar-refractivity contribution < 1.29 is 5.11 Å². The van der Waals surface area contributed by atoms with Gasteiger partial charge in [0, 0.05) is 12.2 Å². The standard InChI is InChI=1S/C10H16BNO/c1-2-10(13)7-12-9-5-3-8(11)4-6-9/h3-6,10,12-13H,2,7,11H2,1H3. The van der Waals surface area contributed by atoms with E-state index in [1.54, 1.807) is 0 Å². The van der Waals surface area contributed by atoms with Crippen LogP contribution in [0.15, 0.2) is 24.3 Å². The highest BCUT2D eigenvalue weighted by molar-refractivity contribution is 6.32. The van der Waals surface area contributed by atoms with Crippen LogP contribution in [0.3, 0.4) is 0 Å². The van der Waals surface area contributed by atoms with Crippen molar-refractivity contribution in [2.75, 3.05) is 11.9 Å². The topological polar surface area (TPSA) is 32.3 Å². The van der Waals surface area contributed by atoms with E-state index < -0.39 is 0 Å². The normalized spacial score (nSPS) is 12.5. The maximum Gasteiger partial charge on any atom is 0.139 e. The van der Waals surface area contributed by atoms with Crippen molar-refractivity contribution in [1.29, 1.82) is 0 Å². The molecule has 0 aliphatic carbocycles. The molecule has 0 saturated carbocycles. The van der Waals surface area contributed by atoms with Crippen LogP contribution in [0.25, 0.3) is 0 Å². The van der Waals surface area contributed by atoms with Gasteiger partial charge in [-0.1, -0.05) is 24.5 Å². The van der Waals surface area contributed by atoms with Gasteiger partial charge >= 0.3 is 0 Å². The molecule has 13 heavy (non-hydrogen) atoms. The molecule has 1 aromatic rings. The van der Waals surface area contributed by atoms with E-state index in [0.29, 0.717) is 6.54 Å². The molecule has 1 atom stereocenters. The van der Waals surface area contributed by atoms with Crippen LogP contribution < -0.4 is 10.8 Å². The first-order valence-corrected chi connectivity index (χ1v) is 4.71. The highest BCUT2D eigenvalue weighted by atomic mass is 16.3. The van der Waals surface area contributed by atoms with Crippen LogP contribution in [0.1, 0.15) is 13.3 Å². The van der Waals surface area contributed by atoms with Gasteiger partial charge < -0.3 is 10.4 Å². The van der Waals surface area contributed by atoms with E-state index in [4.69, 9.17) is 0 Å². The number of anilines is 1. The van der Waals surface area contributed by atoms with Crippen molar-refractivity contribution in [3.63, 3.8) is 0 Å². The van der Waals surface area contributed by atoms with E-state index in [9.17, 15) is 5.11 Å². The van der Waals surface area contributed by atoms with Crippen molar-refractivity contribution >= 4 is 19.0 Å². The fourth-order valence-electron chi connectivity index (χ4n) is 1.05. The molecule has 3 heteroatoms. The molecular formula is C10H16BNO. The Labute approximate surface area is 80.4 Å². The molecule has 1 rings (SSSR count). The smallest absolute Gasteiger partial charge is 0.139 e. The summed E-state index contributed by atoms with van der Waals surface area (Å²) in [7, 11) is 2.06. The van der Waals surface area contributed by atoms with Crippen molar-refractivity contribution in [2.24, 2.45) is 0 Å². The van der Waals surface area contributed by atoms with Gasteiger partial charge in [0.25, 0.3) is 0 Å². The molecule has 0 radical (unpaired) electrons. The molecule has 0 aromatic heterocycles. The molecule has 0 bridgehead atoms. The SMILES string of the molecule is Bc1ccc(NCC(O)CC)cc1. The summed E-state index contributed by atoms with van der Waals surface area (Å²) >= 11 is 0. The summed E-state index contributed by atoms with van der Waals surface area (Å²) in [6, 6.07) is 8.16. The van der Waals surface area contributed by atoms with Gasteiger partial charge in [-0.05, 0) is 18.6 Å².